The van der Waals surface area contributed by atoms with Crippen molar-refractivity contribution in [3.8, 4) is 0 Å². The monoisotopic (exact) mass is 231 g/mol. The zero-order valence-corrected chi connectivity index (χ0v) is 10.8. The molecule has 0 amide bonds. The van der Waals surface area contributed by atoms with Gasteiger partial charge in [0.05, 0.1) is 0 Å². The van der Waals surface area contributed by atoms with Crippen molar-refractivity contribution in [2.24, 2.45) is 5.92 Å². The SMILES string of the molecule is CCS(=O)CCNCC1CCCCCC1. The van der Waals surface area contributed by atoms with Crippen LogP contribution in [0.5, 0.6) is 0 Å². The van der Waals surface area contributed by atoms with E-state index in [9.17, 15) is 4.21 Å². The van der Waals surface area contributed by atoms with Crippen molar-refractivity contribution in [2.75, 3.05) is 24.6 Å². The van der Waals surface area contributed by atoms with Crippen LogP contribution in [0.15, 0.2) is 0 Å². The van der Waals surface area contributed by atoms with Crippen molar-refractivity contribution >= 4 is 10.8 Å². The molecular formula is C12H25NOS. The largest absolute Gasteiger partial charge is 0.316 e. The average molecular weight is 231 g/mol. The van der Waals surface area contributed by atoms with E-state index in [1.165, 1.54) is 38.5 Å². The zero-order valence-electron chi connectivity index (χ0n) is 9.96. The summed E-state index contributed by atoms with van der Waals surface area (Å²) >= 11 is 0. The molecule has 0 radical (unpaired) electrons. The molecule has 0 aromatic carbocycles. The normalized spacial score (nSPS) is 21.1. The van der Waals surface area contributed by atoms with E-state index >= 15 is 0 Å². The molecule has 1 atom stereocenters. The highest BCUT2D eigenvalue weighted by atomic mass is 32.2. The van der Waals surface area contributed by atoms with Gasteiger partial charge >= 0.3 is 0 Å². The molecule has 1 unspecified atom stereocenters. The van der Waals surface area contributed by atoms with Crippen LogP contribution in [0.1, 0.15) is 45.4 Å². The molecule has 3 heteroatoms. The molecular weight excluding hydrogens is 206 g/mol. The molecule has 0 aliphatic heterocycles. The van der Waals surface area contributed by atoms with E-state index in [-0.39, 0.29) is 0 Å². The van der Waals surface area contributed by atoms with E-state index in [4.69, 9.17) is 0 Å². The predicted octanol–water partition coefficient (Wildman–Crippen LogP) is 2.32. The molecule has 0 aromatic heterocycles. The van der Waals surface area contributed by atoms with Crippen LogP contribution in [-0.4, -0.2) is 28.8 Å². The van der Waals surface area contributed by atoms with E-state index in [2.05, 4.69) is 5.32 Å². The molecule has 90 valence electrons. The minimum absolute atomic E-state index is 0.599. The highest BCUT2D eigenvalue weighted by Crippen LogP contribution is 2.21. The molecule has 1 fully saturated rings. The number of nitrogens with one attached hydrogen (secondary N) is 1. The first-order valence-electron chi connectivity index (χ1n) is 6.38. The van der Waals surface area contributed by atoms with E-state index in [1.807, 2.05) is 6.92 Å². The van der Waals surface area contributed by atoms with Gasteiger partial charge in [0.15, 0.2) is 0 Å². The summed E-state index contributed by atoms with van der Waals surface area (Å²) in [5.74, 6) is 2.50. The quantitative estimate of drug-likeness (QED) is 0.561. The summed E-state index contributed by atoms with van der Waals surface area (Å²) in [5, 5.41) is 3.46. The first-order valence-corrected chi connectivity index (χ1v) is 7.87. The number of hydrogen-bond acceptors (Lipinski definition) is 2. The Bertz CT molecular complexity index is 176. The molecule has 15 heavy (non-hydrogen) atoms. The molecule has 0 aromatic rings. The lowest BCUT2D eigenvalue weighted by molar-refractivity contribution is 0.431. The summed E-state index contributed by atoms with van der Waals surface area (Å²) in [7, 11) is -0.599. The third-order valence-electron chi connectivity index (χ3n) is 3.24. The topological polar surface area (TPSA) is 29.1 Å². The standard InChI is InChI=1S/C12H25NOS/c1-2-15(14)10-9-13-11-12-7-5-3-4-6-8-12/h12-13H,2-11H2,1H3. The van der Waals surface area contributed by atoms with Crippen molar-refractivity contribution in [1.29, 1.82) is 0 Å². The van der Waals surface area contributed by atoms with Crippen molar-refractivity contribution in [3.05, 3.63) is 0 Å². The van der Waals surface area contributed by atoms with Crippen molar-refractivity contribution in [1.82, 2.24) is 5.32 Å². The molecule has 0 saturated heterocycles. The van der Waals surface area contributed by atoms with Gasteiger partial charge in [0.25, 0.3) is 0 Å². The summed E-state index contributed by atoms with van der Waals surface area (Å²) in [6, 6.07) is 0. The van der Waals surface area contributed by atoms with Gasteiger partial charge in [0.1, 0.15) is 0 Å². The lowest BCUT2D eigenvalue weighted by atomic mass is 10.0. The smallest absolute Gasteiger partial charge is 0.0359 e. The number of rotatable bonds is 6. The maximum Gasteiger partial charge on any atom is 0.0359 e. The zero-order chi connectivity index (χ0) is 10.9. The van der Waals surface area contributed by atoms with Crippen LogP contribution in [0.25, 0.3) is 0 Å². The van der Waals surface area contributed by atoms with E-state index in [0.29, 0.717) is 0 Å². The Balaban J connectivity index is 2.00. The van der Waals surface area contributed by atoms with Gasteiger partial charge in [-0.2, -0.15) is 0 Å². The van der Waals surface area contributed by atoms with Crippen LogP contribution >= 0.6 is 0 Å². The predicted molar refractivity (Wildman–Crippen MR) is 67.6 cm³/mol. The highest BCUT2D eigenvalue weighted by Gasteiger charge is 2.11. The third-order valence-corrected chi connectivity index (χ3v) is 4.54. The van der Waals surface area contributed by atoms with Crippen LogP contribution in [0, 0.1) is 5.92 Å². The molecule has 1 saturated carbocycles. The molecule has 0 spiro atoms. The van der Waals surface area contributed by atoms with Crippen molar-refractivity contribution < 1.29 is 4.21 Å². The average Bonchev–Trinajstić information content (AvgIpc) is 2.52. The maximum absolute atomic E-state index is 11.2. The summed E-state index contributed by atoms with van der Waals surface area (Å²) < 4.78 is 11.2. The Hall–Kier alpha value is 0.110. The summed E-state index contributed by atoms with van der Waals surface area (Å²) in [6.45, 7) is 4.05. The summed E-state index contributed by atoms with van der Waals surface area (Å²) in [6.07, 6.45) is 8.46. The second-order valence-corrected chi connectivity index (χ2v) is 6.36. The lowest BCUT2D eigenvalue weighted by Crippen LogP contribution is -2.26. The van der Waals surface area contributed by atoms with Crippen LogP contribution in [0.3, 0.4) is 0 Å². The van der Waals surface area contributed by atoms with Crippen LogP contribution in [0.2, 0.25) is 0 Å². The second kappa shape index (κ2) is 8.28. The first-order chi connectivity index (χ1) is 7.33. The van der Waals surface area contributed by atoms with E-state index < -0.39 is 10.8 Å². The highest BCUT2D eigenvalue weighted by molar-refractivity contribution is 7.84. The van der Waals surface area contributed by atoms with Gasteiger partial charge in [-0.05, 0) is 25.3 Å². The number of hydrogen-bond donors (Lipinski definition) is 1. The minimum Gasteiger partial charge on any atom is -0.316 e. The Morgan fingerprint density at radius 2 is 1.87 bits per heavy atom. The van der Waals surface area contributed by atoms with Crippen molar-refractivity contribution in [2.45, 2.75) is 45.4 Å². The van der Waals surface area contributed by atoms with Gasteiger partial charge in [-0.15, -0.1) is 0 Å². The van der Waals surface area contributed by atoms with Gasteiger partial charge in [-0.3, -0.25) is 4.21 Å². The fourth-order valence-corrected chi connectivity index (χ4v) is 2.87. The Kier molecular flexibility index (Phi) is 7.28. The van der Waals surface area contributed by atoms with Gasteiger partial charge in [0.2, 0.25) is 0 Å². The van der Waals surface area contributed by atoms with Gasteiger partial charge in [-0.25, -0.2) is 0 Å². The van der Waals surface area contributed by atoms with Crippen LogP contribution < -0.4 is 5.32 Å². The molecule has 1 aliphatic carbocycles. The Morgan fingerprint density at radius 1 is 1.20 bits per heavy atom. The van der Waals surface area contributed by atoms with Crippen LogP contribution in [-0.2, 0) is 10.8 Å². The molecule has 1 aliphatic rings. The molecule has 1 N–H and O–H groups in total. The minimum atomic E-state index is -0.599. The Morgan fingerprint density at radius 3 is 2.47 bits per heavy atom. The lowest BCUT2D eigenvalue weighted by Gasteiger charge is -2.14. The van der Waals surface area contributed by atoms with Gasteiger partial charge < -0.3 is 5.32 Å². The molecule has 0 heterocycles. The molecule has 1 rings (SSSR count). The fourth-order valence-electron chi connectivity index (χ4n) is 2.20. The molecule has 0 bridgehead atoms. The first kappa shape index (κ1) is 13.2. The van der Waals surface area contributed by atoms with Gasteiger partial charge in [-0.1, -0.05) is 32.6 Å². The van der Waals surface area contributed by atoms with E-state index in [0.717, 1.165) is 30.5 Å². The third kappa shape index (κ3) is 6.31. The summed E-state index contributed by atoms with van der Waals surface area (Å²) in [5.41, 5.74) is 0. The molecule has 2 nitrogen and oxygen atoms in total. The Labute approximate surface area is 96.7 Å². The van der Waals surface area contributed by atoms with Gasteiger partial charge in [0, 0.05) is 28.9 Å². The van der Waals surface area contributed by atoms with Crippen molar-refractivity contribution in [3.63, 3.8) is 0 Å². The maximum atomic E-state index is 11.2. The van der Waals surface area contributed by atoms with Crippen LogP contribution in [0.4, 0.5) is 0 Å². The second-order valence-electron chi connectivity index (χ2n) is 4.49. The summed E-state index contributed by atoms with van der Waals surface area (Å²) in [4.78, 5) is 0. The fraction of sp³-hybridized carbons (Fsp3) is 1.00. The van der Waals surface area contributed by atoms with E-state index in [1.54, 1.807) is 0 Å².